The van der Waals surface area contributed by atoms with Gasteiger partial charge in [-0.05, 0) is 30.4 Å². The van der Waals surface area contributed by atoms with Crippen molar-refractivity contribution in [3.63, 3.8) is 0 Å². The normalized spacial score (nSPS) is 29.9. The lowest BCUT2D eigenvalue weighted by Crippen LogP contribution is -2.47. The van der Waals surface area contributed by atoms with Crippen molar-refractivity contribution in [3.05, 3.63) is 35.6 Å². The molecule has 0 unspecified atom stereocenters. The van der Waals surface area contributed by atoms with Gasteiger partial charge in [0.15, 0.2) is 0 Å². The van der Waals surface area contributed by atoms with Crippen LogP contribution in [0, 0.1) is 11.7 Å². The van der Waals surface area contributed by atoms with E-state index in [1.807, 2.05) is 12.1 Å². The van der Waals surface area contributed by atoms with Crippen LogP contribution >= 0.6 is 0 Å². The second-order valence-electron chi connectivity index (χ2n) is 4.65. The molecule has 0 radical (unpaired) electrons. The molecule has 0 atom stereocenters. The van der Waals surface area contributed by atoms with Crippen LogP contribution < -0.4 is 5.73 Å². The summed E-state index contributed by atoms with van der Waals surface area (Å²) in [5.74, 6) is 0.630. The van der Waals surface area contributed by atoms with E-state index in [4.69, 9.17) is 5.73 Å². The highest BCUT2D eigenvalue weighted by molar-refractivity contribution is 5.30. The first-order chi connectivity index (χ1) is 7.22. The number of halogens is 1. The summed E-state index contributed by atoms with van der Waals surface area (Å²) >= 11 is 0. The molecule has 1 aromatic rings. The SMILES string of the molecule is CCC1CC(CN)(c2ccccc2F)C1. The first-order valence-electron chi connectivity index (χ1n) is 5.67. The van der Waals surface area contributed by atoms with E-state index < -0.39 is 0 Å². The Labute approximate surface area is 90.5 Å². The van der Waals surface area contributed by atoms with Crippen LogP contribution in [0.3, 0.4) is 0 Å². The van der Waals surface area contributed by atoms with Gasteiger partial charge in [-0.2, -0.15) is 0 Å². The van der Waals surface area contributed by atoms with Crippen molar-refractivity contribution in [3.8, 4) is 0 Å². The van der Waals surface area contributed by atoms with E-state index in [1.165, 1.54) is 12.5 Å². The molecule has 15 heavy (non-hydrogen) atoms. The second-order valence-corrected chi connectivity index (χ2v) is 4.65. The molecule has 1 aliphatic carbocycles. The highest BCUT2D eigenvalue weighted by Crippen LogP contribution is 2.48. The van der Waals surface area contributed by atoms with Crippen molar-refractivity contribution >= 4 is 0 Å². The van der Waals surface area contributed by atoms with Crippen LogP contribution in [0.2, 0.25) is 0 Å². The third-order valence-electron chi connectivity index (χ3n) is 3.77. The Morgan fingerprint density at radius 3 is 2.60 bits per heavy atom. The highest BCUT2D eigenvalue weighted by atomic mass is 19.1. The molecule has 0 saturated heterocycles. The molecule has 2 heteroatoms. The van der Waals surface area contributed by atoms with Gasteiger partial charge in [0.05, 0.1) is 0 Å². The van der Waals surface area contributed by atoms with Gasteiger partial charge in [-0.1, -0.05) is 31.5 Å². The van der Waals surface area contributed by atoms with Crippen molar-refractivity contribution < 1.29 is 4.39 Å². The van der Waals surface area contributed by atoms with E-state index in [-0.39, 0.29) is 11.2 Å². The predicted octanol–water partition coefficient (Wildman–Crippen LogP) is 2.84. The molecule has 1 fully saturated rings. The molecule has 0 bridgehead atoms. The third-order valence-corrected chi connectivity index (χ3v) is 3.77. The third kappa shape index (κ3) is 1.67. The summed E-state index contributed by atoms with van der Waals surface area (Å²) in [6.07, 6.45) is 3.26. The van der Waals surface area contributed by atoms with Crippen LogP contribution in [-0.4, -0.2) is 6.54 Å². The lowest BCUT2D eigenvalue weighted by Gasteiger charge is -2.47. The lowest BCUT2D eigenvalue weighted by molar-refractivity contribution is 0.140. The van der Waals surface area contributed by atoms with Crippen LogP contribution in [0.5, 0.6) is 0 Å². The summed E-state index contributed by atoms with van der Waals surface area (Å²) < 4.78 is 13.7. The standard InChI is InChI=1S/C13H18FN/c1-2-10-7-13(8-10,9-15)11-5-3-4-6-12(11)14/h3-6,10H,2,7-9,15H2,1H3. The van der Waals surface area contributed by atoms with E-state index in [2.05, 4.69) is 6.92 Å². The van der Waals surface area contributed by atoms with Gasteiger partial charge in [0.1, 0.15) is 5.82 Å². The summed E-state index contributed by atoms with van der Waals surface area (Å²) in [7, 11) is 0. The number of hydrogen-bond donors (Lipinski definition) is 1. The Balaban J connectivity index is 2.26. The van der Waals surface area contributed by atoms with Gasteiger partial charge in [0.2, 0.25) is 0 Å². The zero-order chi connectivity index (χ0) is 10.9. The van der Waals surface area contributed by atoms with E-state index in [1.54, 1.807) is 6.07 Å². The van der Waals surface area contributed by atoms with E-state index in [9.17, 15) is 4.39 Å². The molecule has 0 aromatic heterocycles. The summed E-state index contributed by atoms with van der Waals surface area (Å²) in [6, 6.07) is 7.05. The van der Waals surface area contributed by atoms with Gasteiger partial charge >= 0.3 is 0 Å². The Hall–Kier alpha value is -0.890. The Kier molecular flexibility index (Phi) is 2.79. The average Bonchev–Trinajstić information content (AvgIpc) is 2.20. The number of rotatable bonds is 3. The smallest absolute Gasteiger partial charge is 0.127 e. The zero-order valence-electron chi connectivity index (χ0n) is 9.17. The molecule has 1 aromatic carbocycles. The quantitative estimate of drug-likeness (QED) is 0.810. The number of benzene rings is 1. The monoisotopic (exact) mass is 207 g/mol. The largest absolute Gasteiger partial charge is 0.330 e. The van der Waals surface area contributed by atoms with Crippen molar-refractivity contribution in [2.24, 2.45) is 11.7 Å². The fourth-order valence-corrected chi connectivity index (χ4v) is 2.72. The zero-order valence-corrected chi connectivity index (χ0v) is 9.17. The van der Waals surface area contributed by atoms with Crippen LogP contribution in [-0.2, 0) is 5.41 Å². The maximum Gasteiger partial charge on any atom is 0.127 e. The second kappa shape index (κ2) is 3.93. The minimum atomic E-state index is -0.0995. The van der Waals surface area contributed by atoms with Crippen LogP contribution in [0.1, 0.15) is 31.7 Å². The maximum absolute atomic E-state index is 13.7. The summed E-state index contributed by atoms with van der Waals surface area (Å²) in [4.78, 5) is 0. The fourth-order valence-electron chi connectivity index (χ4n) is 2.72. The van der Waals surface area contributed by atoms with Crippen LogP contribution in [0.4, 0.5) is 4.39 Å². The first-order valence-corrected chi connectivity index (χ1v) is 5.67. The van der Waals surface area contributed by atoms with Crippen LogP contribution in [0.25, 0.3) is 0 Å². The number of hydrogen-bond acceptors (Lipinski definition) is 1. The summed E-state index contributed by atoms with van der Waals surface area (Å²) in [5.41, 5.74) is 6.56. The van der Waals surface area contributed by atoms with Gasteiger partial charge in [0.25, 0.3) is 0 Å². The summed E-state index contributed by atoms with van der Waals surface area (Å²) in [6.45, 7) is 2.75. The van der Waals surface area contributed by atoms with Crippen molar-refractivity contribution in [2.45, 2.75) is 31.6 Å². The maximum atomic E-state index is 13.7. The van der Waals surface area contributed by atoms with E-state index in [0.717, 1.165) is 24.3 Å². The van der Waals surface area contributed by atoms with Gasteiger partial charge in [-0.15, -0.1) is 0 Å². The molecule has 1 nitrogen and oxygen atoms in total. The molecule has 0 spiro atoms. The van der Waals surface area contributed by atoms with E-state index in [0.29, 0.717) is 6.54 Å². The van der Waals surface area contributed by atoms with Crippen molar-refractivity contribution in [1.82, 2.24) is 0 Å². The van der Waals surface area contributed by atoms with Crippen molar-refractivity contribution in [1.29, 1.82) is 0 Å². The van der Waals surface area contributed by atoms with Crippen molar-refractivity contribution in [2.75, 3.05) is 6.54 Å². The van der Waals surface area contributed by atoms with Gasteiger partial charge in [-0.25, -0.2) is 4.39 Å². The lowest BCUT2D eigenvalue weighted by atomic mass is 9.58. The summed E-state index contributed by atoms with van der Waals surface area (Å²) in [5, 5.41) is 0. The molecular formula is C13H18FN. The topological polar surface area (TPSA) is 26.0 Å². The molecule has 2 N–H and O–H groups in total. The van der Waals surface area contributed by atoms with Gasteiger partial charge in [0, 0.05) is 12.0 Å². The van der Waals surface area contributed by atoms with Gasteiger partial charge in [-0.3, -0.25) is 0 Å². The molecule has 82 valence electrons. The first kappa shape index (κ1) is 10.6. The predicted molar refractivity (Wildman–Crippen MR) is 60.1 cm³/mol. The Bertz CT molecular complexity index is 342. The minimum Gasteiger partial charge on any atom is -0.330 e. The molecule has 0 amide bonds. The van der Waals surface area contributed by atoms with Crippen LogP contribution in [0.15, 0.2) is 24.3 Å². The minimum absolute atomic E-state index is 0.0774. The highest BCUT2D eigenvalue weighted by Gasteiger charge is 2.44. The molecule has 0 aliphatic heterocycles. The Morgan fingerprint density at radius 2 is 2.07 bits per heavy atom. The molecule has 1 aliphatic rings. The molecular weight excluding hydrogens is 189 g/mol. The fraction of sp³-hybridized carbons (Fsp3) is 0.538. The molecule has 0 heterocycles. The molecule has 1 saturated carbocycles. The van der Waals surface area contributed by atoms with E-state index >= 15 is 0 Å². The number of nitrogens with two attached hydrogens (primary N) is 1. The Morgan fingerprint density at radius 1 is 1.40 bits per heavy atom. The molecule has 2 rings (SSSR count). The average molecular weight is 207 g/mol. The van der Waals surface area contributed by atoms with Gasteiger partial charge < -0.3 is 5.73 Å².